The molecule has 3 aromatic rings. The molecule has 29 heavy (non-hydrogen) atoms. The molecule has 8 heteroatoms. The van der Waals surface area contributed by atoms with Crippen molar-refractivity contribution in [2.45, 2.75) is 23.8 Å². The first-order valence-corrected chi connectivity index (χ1v) is 11.6. The lowest BCUT2D eigenvalue weighted by Gasteiger charge is -2.25. The highest BCUT2D eigenvalue weighted by molar-refractivity contribution is 9.10. The molecule has 2 heterocycles. The Labute approximate surface area is 178 Å². The molecule has 1 saturated heterocycles. The number of benzene rings is 2. The summed E-state index contributed by atoms with van der Waals surface area (Å²) >= 11 is 3.45. The van der Waals surface area contributed by atoms with Crippen molar-refractivity contribution in [2.75, 3.05) is 13.1 Å². The molecule has 1 N–H and O–H groups in total. The lowest BCUT2D eigenvalue weighted by molar-refractivity contribution is 0.0740. The number of amides is 1. The molecular formula is C21H20BrN3O3S. The van der Waals surface area contributed by atoms with Gasteiger partial charge in [0.15, 0.2) is 0 Å². The van der Waals surface area contributed by atoms with Crippen LogP contribution >= 0.6 is 15.9 Å². The van der Waals surface area contributed by atoms with E-state index in [2.05, 4.69) is 25.6 Å². The quantitative estimate of drug-likeness (QED) is 0.613. The fourth-order valence-corrected chi connectivity index (χ4v) is 5.12. The fourth-order valence-electron chi connectivity index (χ4n) is 3.66. The maximum atomic E-state index is 13.3. The average Bonchev–Trinajstić information content (AvgIpc) is 3.21. The van der Waals surface area contributed by atoms with Gasteiger partial charge in [-0.25, -0.2) is 13.1 Å². The number of nitrogens with zero attached hydrogens (tertiary/aromatic N) is 2. The average molecular weight is 474 g/mol. The SMILES string of the molecule is O=C(c1ccnc2ccc(Br)cc12)N1CCCC1CNS(=O)(=O)c1ccccc1. The molecule has 0 aliphatic carbocycles. The van der Waals surface area contributed by atoms with E-state index in [0.717, 1.165) is 28.2 Å². The number of aromatic nitrogens is 1. The Kier molecular flexibility index (Phi) is 5.67. The largest absolute Gasteiger partial charge is 0.334 e. The molecule has 2 aromatic carbocycles. The second-order valence-corrected chi connectivity index (χ2v) is 9.66. The molecule has 1 fully saturated rings. The van der Waals surface area contributed by atoms with Gasteiger partial charge in [-0.3, -0.25) is 9.78 Å². The van der Waals surface area contributed by atoms with Crippen molar-refractivity contribution < 1.29 is 13.2 Å². The Morgan fingerprint density at radius 3 is 2.76 bits per heavy atom. The van der Waals surface area contributed by atoms with E-state index < -0.39 is 10.0 Å². The summed E-state index contributed by atoms with van der Waals surface area (Å²) in [5.74, 6) is -0.100. The highest BCUT2D eigenvalue weighted by Crippen LogP contribution is 2.26. The molecule has 0 spiro atoms. The predicted octanol–water partition coefficient (Wildman–Crippen LogP) is 3.58. The van der Waals surface area contributed by atoms with E-state index in [4.69, 9.17) is 0 Å². The second-order valence-electron chi connectivity index (χ2n) is 6.98. The van der Waals surface area contributed by atoms with Crippen molar-refractivity contribution in [3.05, 3.63) is 70.8 Å². The maximum absolute atomic E-state index is 13.3. The highest BCUT2D eigenvalue weighted by atomic mass is 79.9. The van der Waals surface area contributed by atoms with Crippen LogP contribution in [0.4, 0.5) is 0 Å². The number of hydrogen-bond acceptors (Lipinski definition) is 4. The number of pyridine rings is 1. The van der Waals surface area contributed by atoms with Crippen molar-refractivity contribution in [3.63, 3.8) is 0 Å². The Morgan fingerprint density at radius 1 is 1.17 bits per heavy atom. The topological polar surface area (TPSA) is 79.4 Å². The van der Waals surface area contributed by atoms with Gasteiger partial charge in [0.25, 0.3) is 5.91 Å². The zero-order chi connectivity index (χ0) is 20.4. The van der Waals surface area contributed by atoms with E-state index in [0.29, 0.717) is 12.1 Å². The summed E-state index contributed by atoms with van der Waals surface area (Å²) in [4.78, 5) is 19.6. The minimum absolute atomic E-state index is 0.100. The molecule has 1 aliphatic heterocycles. The summed E-state index contributed by atoms with van der Waals surface area (Å²) in [5.41, 5.74) is 1.33. The minimum Gasteiger partial charge on any atom is -0.334 e. The standard InChI is InChI=1S/C21H20BrN3O3S/c22-15-8-9-20-19(13-15)18(10-11-23-20)21(26)25-12-4-5-16(25)14-24-29(27,28)17-6-2-1-3-7-17/h1-3,6-11,13,16,24H,4-5,12,14H2. The van der Waals surface area contributed by atoms with E-state index in [1.54, 1.807) is 47.5 Å². The van der Waals surface area contributed by atoms with Crippen LogP contribution in [0.5, 0.6) is 0 Å². The number of nitrogens with one attached hydrogen (secondary N) is 1. The lowest BCUT2D eigenvalue weighted by atomic mass is 10.1. The molecule has 1 aliphatic rings. The third-order valence-corrected chi connectivity index (χ3v) is 7.07. The van der Waals surface area contributed by atoms with Crippen molar-refractivity contribution in [1.29, 1.82) is 0 Å². The lowest BCUT2D eigenvalue weighted by Crippen LogP contribution is -2.43. The van der Waals surface area contributed by atoms with Crippen LogP contribution in [-0.4, -0.2) is 43.3 Å². The smallest absolute Gasteiger partial charge is 0.254 e. The van der Waals surface area contributed by atoms with Crippen molar-refractivity contribution in [2.24, 2.45) is 0 Å². The number of likely N-dealkylation sites (tertiary alicyclic amines) is 1. The molecule has 6 nitrogen and oxygen atoms in total. The summed E-state index contributed by atoms with van der Waals surface area (Å²) in [5, 5.41) is 0.780. The van der Waals surface area contributed by atoms with Crippen LogP contribution in [0.1, 0.15) is 23.2 Å². The summed E-state index contributed by atoms with van der Waals surface area (Å²) < 4.78 is 28.6. The van der Waals surface area contributed by atoms with E-state index in [-0.39, 0.29) is 23.4 Å². The van der Waals surface area contributed by atoms with Gasteiger partial charge in [0.2, 0.25) is 10.0 Å². The Hall–Kier alpha value is -2.29. The summed E-state index contributed by atoms with van der Waals surface area (Å²) in [6.07, 6.45) is 3.23. The zero-order valence-electron chi connectivity index (χ0n) is 15.6. The Morgan fingerprint density at radius 2 is 1.97 bits per heavy atom. The molecular weight excluding hydrogens is 454 g/mol. The summed E-state index contributed by atoms with van der Waals surface area (Å²) in [7, 11) is -3.61. The third kappa shape index (κ3) is 4.19. The molecule has 0 bridgehead atoms. The first-order valence-electron chi connectivity index (χ1n) is 9.36. The van der Waals surface area contributed by atoms with Gasteiger partial charge in [-0.1, -0.05) is 34.1 Å². The van der Waals surface area contributed by atoms with Gasteiger partial charge in [0.1, 0.15) is 0 Å². The first-order chi connectivity index (χ1) is 14.0. The fraction of sp³-hybridized carbons (Fsp3) is 0.238. The van der Waals surface area contributed by atoms with Crippen LogP contribution in [0, 0.1) is 0 Å². The van der Waals surface area contributed by atoms with E-state index in [9.17, 15) is 13.2 Å². The van der Waals surface area contributed by atoms with Gasteiger partial charge in [-0.15, -0.1) is 0 Å². The highest BCUT2D eigenvalue weighted by Gasteiger charge is 2.31. The minimum atomic E-state index is -3.61. The molecule has 1 amide bonds. The molecule has 4 rings (SSSR count). The molecule has 0 radical (unpaired) electrons. The van der Waals surface area contributed by atoms with E-state index >= 15 is 0 Å². The van der Waals surface area contributed by atoms with Crippen molar-refractivity contribution in [1.82, 2.24) is 14.6 Å². The Balaban J connectivity index is 1.55. The van der Waals surface area contributed by atoms with E-state index in [1.807, 2.05) is 18.2 Å². The van der Waals surface area contributed by atoms with Gasteiger partial charge < -0.3 is 4.90 Å². The number of hydrogen-bond donors (Lipinski definition) is 1. The number of carbonyl (C=O) groups is 1. The maximum Gasteiger partial charge on any atom is 0.254 e. The first kappa shape index (κ1) is 20.0. The number of carbonyl (C=O) groups excluding carboxylic acids is 1. The van der Waals surface area contributed by atoms with Crippen molar-refractivity contribution >= 4 is 42.8 Å². The van der Waals surface area contributed by atoms with Crippen LogP contribution < -0.4 is 4.72 Å². The third-order valence-electron chi connectivity index (χ3n) is 5.13. The second kappa shape index (κ2) is 8.22. The Bertz CT molecular complexity index is 1150. The molecule has 0 saturated carbocycles. The van der Waals surface area contributed by atoms with Crippen LogP contribution in [-0.2, 0) is 10.0 Å². The summed E-state index contributed by atoms with van der Waals surface area (Å²) in [6, 6.07) is 15.4. The molecule has 1 atom stereocenters. The predicted molar refractivity (Wildman–Crippen MR) is 115 cm³/mol. The van der Waals surface area contributed by atoms with Crippen LogP contribution in [0.3, 0.4) is 0 Å². The van der Waals surface area contributed by atoms with Gasteiger partial charge in [-0.2, -0.15) is 0 Å². The zero-order valence-corrected chi connectivity index (χ0v) is 18.0. The molecule has 1 unspecified atom stereocenters. The van der Waals surface area contributed by atoms with Gasteiger partial charge in [-0.05, 0) is 49.2 Å². The normalized spacial score (nSPS) is 17.0. The van der Waals surface area contributed by atoms with Crippen LogP contribution in [0.15, 0.2) is 70.2 Å². The number of rotatable bonds is 5. The van der Waals surface area contributed by atoms with Crippen LogP contribution in [0.25, 0.3) is 10.9 Å². The monoisotopic (exact) mass is 473 g/mol. The number of halogens is 1. The summed E-state index contributed by atoms with van der Waals surface area (Å²) in [6.45, 7) is 0.796. The number of sulfonamides is 1. The van der Waals surface area contributed by atoms with Gasteiger partial charge in [0.05, 0.1) is 16.0 Å². The van der Waals surface area contributed by atoms with E-state index in [1.165, 1.54) is 0 Å². The van der Waals surface area contributed by atoms with Gasteiger partial charge in [0, 0.05) is 35.2 Å². The number of fused-ring (bicyclic) bond motifs is 1. The molecule has 1 aromatic heterocycles. The van der Waals surface area contributed by atoms with Gasteiger partial charge >= 0.3 is 0 Å². The van der Waals surface area contributed by atoms with Crippen molar-refractivity contribution in [3.8, 4) is 0 Å². The van der Waals surface area contributed by atoms with Crippen LogP contribution in [0.2, 0.25) is 0 Å². The molecule has 150 valence electrons.